The van der Waals surface area contributed by atoms with Gasteiger partial charge in [0.15, 0.2) is 0 Å². The van der Waals surface area contributed by atoms with Gasteiger partial charge in [-0.05, 0) is 43.4 Å². The number of hydrogen-bond acceptors (Lipinski definition) is 2. The summed E-state index contributed by atoms with van der Waals surface area (Å²) in [5.74, 6) is 0.560. The Morgan fingerprint density at radius 1 is 1.44 bits per heavy atom. The normalized spacial score (nSPS) is 27.8. The van der Waals surface area contributed by atoms with Gasteiger partial charge < -0.3 is 10.6 Å². The zero-order valence-corrected chi connectivity index (χ0v) is 9.32. The van der Waals surface area contributed by atoms with Gasteiger partial charge in [-0.15, -0.1) is 0 Å². The van der Waals surface area contributed by atoms with Gasteiger partial charge in [0, 0.05) is 12.6 Å². The molecule has 3 heteroatoms. The number of fused-ring (bicyclic) bond motifs is 3. The third-order valence-electron chi connectivity index (χ3n) is 3.97. The average Bonchev–Trinajstić information content (AvgIpc) is 2.67. The van der Waals surface area contributed by atoms with E-state index in [1.807, 2.05) is 12.1 Å². The van der Waals surface area contributed by atoms with Crippen LogP contribution in [0.15, 0.2) is 18.2 Å². The van der Waals surface area contributed by atoms with Crippen LogP contribution in [0.5, 0.6) is 0 Å². The molecule has 2 aliphatic rings. The van der Waals surface area contributed by atoms with E-state index in [1.54, 1.807) is 6.07 Å². The van der Waals surface area contributed by atoms with Crippen LogP contribution in [-0.4, -0.2) is 19.1 Å². The second-order valence-electron chi connectivity index (χ2n) is 4.93. The third kappa shape index (κ3) is 1.42. The molecule has 1 fully saturated rings. The van der Waals surface area contributed by atoms with E-state index < -0.39 is 0 Å². The summed E-state index contributed by atoms with van der Waals surface area (Å²) in [7, 11) is 0. The summed E-state index contributed by atoms with van der Waals surface area (Å²) < 4.78 is 13.8. The van der Waals surface area contributed by atoms with E-state index in [4.69, 9.17) is 5.73 Å². The van der Waals surface area contributed by atoms with Crippen molar-refractivity contribution in [3.05, 3.63) is 29.6 Å². The highest BCUT2D eigenvalue weighted by molar-refractivity contribution is 5.60. The lowest BCUT2D eigenvalue weighted by molar-refractivity contribution is 0.355. The first kappa shape index (κ1) is 10.1. The Morgan fingerprint density at radius 2 is 2.31 bits per heavy atom. The number of nitrogens with zero attached hydrogens (tertiary/aromatic N) is 1. The van der Waals surface area contributed by atoms with Gasteiger partial charge >= 0.3 is 0 Å². The number of benzene rings is 1. The molecule has 16 heavy (non-hydrogen) atoms. The molecule has 0 aliphatic carbocycles. The molecule has 0 aromatic heterocycles. The lowest BCUT2D eigenvalue weighted by Gasteiger charge is -2.36. The Labute approximate surface area is 95.2 Å². The van der Waals surface area contributed by atoms with E-state index in [2.05, 4.69) is 4.90 Å². The number of para-hydroxylation sites is 1. The van der Waals surface area contributed by atoms with E-state index in [1.165, 1.54) is 5.56 Å². The molecule has 1 saturated heterocycles. The second-order valence-corrected chi connectivity index (χ2v) is 4.93. The lowest BCUT2D eigenvalue weighted by Crippen LogP contribution is -2.42. The van der Waals surface area contributed by atoms with Crippen LogP contribution in [0.25, 0.3) is 0 Å². The molecule has 2 atom stereocenters. The monoisotopic (exact) mass is 220 g/mol. The van der Waals surface area contributed by atoms with Crippen LogP contribution >= 0.6 is 0 Å². The fourth-order valence-corrected chi connectivity index (χ4v) is 3.14. The SMILES string of the molecule is NCC1CCN2c3c(F)cccc3CC2C1. The lowest BCUT2D eigenvalue weighted by atomic mass is 9.91. The average molecular weight is 220 g/mol. The van der Waals surface area contributed by atoms with Crippen LogP contribution in [-0.2, 0) is 6.42 Å². The fraction of sp³-hybridized carbons (Fsp3) is 0.538. The molecule has 2 nitrogen and oxygen atoms in total. The zero-order chi connectivity index (χ0) is 11.1. The summed E-state index contributed by atoms with van der Waals surface area (Å²) in [6, 6.07) is 5.91. The summed E-state index contributed by atoms with van der Waals surface area (Å²) in [5.41, 5.74) is 7.75. The van der Waals surface area contributed by atoms with Gasteiger partial charge in [0.05, 0.1) is 5.69 Å². The van der Waals surface area contributed by atoms with Gasteiger partial charge in [-0.2, -0.15) is 0 Å². The molecule has 0 amide bonds. The number of rotatable bonds is 1. The number of piperidine rings is 1. The van der Waals surface area contributed by atoms with Gasteiger partial charge in [-0.1, -0.05) is 12.1 Å². The van der Waals surface area contributed by atoms with Crippen molar-refractivity contribution in [2.24, 2.45) is 11.7 Å². The molecule has 0 spiro atoms. The van der Waals surface area contributed by atoms with E-state index in [0.717, 1.165) is 38.0 Å². The first-order valence-corrected chi connectivity index (χ1v) is 6.03. The Kier molecular flexibility index (Phi) is 2.36. The minimum absolute atomic E-state index is 0.0637. The molecule has 0 bridgehead atoms. The van der Waals surface area contributed by atoms with E-state index in [-0.39, 0.29) is 5.82 Å². The molecule has 2 heterocycles. The topological polar surface area (TPSA) is 29.3 Å². The van der Waals surface area contributed by atoms with Gasteiger partial charge in [0.25, 0.3) is 0 Å². The minimum Gasteiger partial charge on any atom is -0.366 e. The summed E-state index contributed by atoms with van der Waals surface area (Å²) in [6.07, 6.45) is 3.20. The maximum atomic E-state index is 13.8. The first-order valence-electron chi connectivity index (χ1n) is 6.03. The molecule has 1 aromatic rings. The zero-order valence-electron chi connectivity index (χ0n) is 9.32. The van der Waals surface area contributed by atoms with Crippen LogP contribution in [0.2, 0.25) is 0 Å². The molecular formula is C13H17FN2. The van der Waals surface area contributed by atoms with Gasteiger partial charge in [0.2, 0.25) is 0 Å². The van der Waals surface area contributed by atoms with Gasteiger partial charge in [-0.25, -0.2) is 4.39 Å². The molecule has 86 valence electrons. The summed E-state index contributed by atoms with van der Waals surface area (Å²) >= 11 is 0. The molecule has 0 saturated carbocycles. The van der Waals surface area contributed by atoms with Crippen molar-refractivity contribution in [1.82, 2.24) is 0 Å². The molecular weight excluding hydrogens is 203 g/mol. The molecule has 2 aliphatic heterocycles. The molecule has 2 unspecified atom stereocenters. The standard InChI is InChI=1S/C13H17FN2/c14-12-3-1-2-10-7-11-6-9(8-15)4-5-16(11)13(10)12/h1-3,9,11H,4-8,15H2. The number of nitrogens with two attached hydrogens (primary N) is 1. The van der Waals surface area contributed by atoms with Crippen LogP contribution in [0.3, 0.4) is 0 Å². The highest BCUT2D eigenvalue weighted by Crippen LogP contribution is 2.39. The van der Waals surface area contributed by atoms with Crippen molar-refractivity contribution in [3.8, 4) is 0 Å². The summed E-state index contributed by atoms with van der Waals surface area (Å²) in [5, 5.41) is 0. The maximum Gasteiger partial charge on any atom is 0.146 e. The predicted molar refractivity (Wildman–Crippen MR) is 63.0 cm³/mol. The van der Waals surface area contributed by atoms with Crippen molar-refractivity contribution in [2.45, 2.75) is 25.3 Å². The van der Waals surface area contributed by atoms with Crippen molar-refractivity contribution >= 4 is 5.69 Å². The predicted octanol–water partition coefficient (Wildman–Crippen LogP) is 1.93. The Balaban J connectivity index is 1.91. The highest BCUT2D eigenvalue weighted by atomic mass is 19.1. The molecule has 3 rings (SSSR count). The van der Waals surface area contributed by atoms with Crippen LogP contribution in [0, 0.1) is 11.7 Å². The smallest absolute Gasteiger partial charge is 0.146 e. The quantitative estimate of drug-likeness (QED) is 0.783. The van der Waals surface area contributed by atoms with Crippen molar-refractivity contribution in [2.75, 3.05) is 18.0 Å². The second kappa shape index (κ2) is 3.74. The summed E-state index contributed by atoms with van der Waals surface area (Å²) in [4.78, 5) is 2.25. The first-order chi connectivity index (χ1) is 7.79. The van der Waals surface area contributed by atoms with Crippen molar-refractivity contribution in [3.63, 3.8) is 0 Å². The van der Waals surface area contributed by atoms with Gasteiger partial charge in [-0.3, -0.25) is 0 Å². The molecule has 1 aromatic carbocycles. The highest BCUT2D eigenvalue weighted by Gasteiger charge is 2.35. The largest absolute Gasteiger partial charge is 0.366 e. The van der Waals surface area contributed by atoms with Gasteiger partial charge in [0.1, 0.15) is 5.82 Å². The van der Waals surface area contributed by atoms with Crippen LogP contribution < -0.4 is 10.6 Å². The number of anilines is 1. The Hall–Kier alpha value is -1.09. The third-order valence-corrected chi connectivity index (χ3v) is 3.97. The molecule has 0 radical (unpaired) electrons. The summed E-state index contributed by atoms with van der Waals surface area (Å²) in [6.45, 7) is 1.73. The minimum atomic E-state index is -0.0637. The number of halogens is 1. The van der Waals surface area contributed by atoms with Crippen molar-refractivity contribution < 1.29 is 4.39 Å². The molecule has 2 N–H and O–H groups in total. The Morgan fingerprint density at radius 3 is 3.12 bits per heavy atom. The number of hydrogen-bond donors (Lipinski definition) is 1. The van der Waals surface area contributed by atoms with E-state index in [9.17, 15) is 4.39 Å². The van der Waals surface area contributed by atoms with E-state index in [0.29, 0.717) is 12.0 Å². The fourth-order valence-electron chi connectivity index (χ4n) is 3.14. The Bertz CT molecular complexity index is 405. The van der Waals surface area contributed by atoms with E-state index >= 15 is 0 Å². The van der Waals surface area contributed by atoms with Crippen LogP contribution in [0.1, 0.15) is 18.4 Å². The van der Waals surface area contributed by atoms with Crippen LogP contribution in [0.4, 0.5) is 10.1 Å². The maximum absolute atomic E-state index is 13.8. The van der Waals surface area contributed by atoms with Crippen molar-refractivity contribution in [1.29, 1.82) is 0 Å².